The zero-order valence-electron chi connectivity index (χ0n) is 8.64. The minimum atomic E-state index is -0.464. The number of carbonyl (C=O) groups is 2. The molecule has 0 aliphatic rings. The highest BCUT2D eigenvalue weighted by Gasteiger charge is 2.17. The highest BCUT2D eigenvalue weighted by molar-refractivity contribution is 6.03. The van der Waals surface area contributed by atoms with Gasteiger partial charge in [0, 0.05) is 12.0 Å². The molecule has 0 aliphatic heterocycles. The van der Waals surface area contributed by atoms with E-state index in [4.69, 9.17) is 5.84 Å². The van der Waals surface area contributed by atoms with Crippen molar-refractivity contribution in [2.24, 2.45) is 5.84 Å². The van der Waals surface area contributed by atoms with E-state index in [1.807, 2.05) is 6.92 Å². The van der Waals surface area contributed by atoms with Gasteiger partial charge in [-0.1, -0.05) is 25.1 Å². The van der Waals surface area contributed by atoms with Gasteiger partial charge < -0.3 is 0 Å². The quantitative estimate of drug-likeness (QED) is 0.461. The van der Waals surface area contributed by atoms with Gasteiger partial charge in [-0.3, -0.25) is 9.59 Å². The van der Waals surface area contributed by atoms with Crippen molar-refractivity contribution in [3.05, 3.63) is 35.9 Å². The molecule has 1 aromatic carbocycles. The van der Waals surface area contributed by atoms with E-state index in [1.165, 1.54) is 0 Å². The summed E-state index contributed by atoms with van der Waals surface area (Å²) in [5, 5.41) is 0.679. The summed E-state index contributed by atoms with van der Waals surface area (Å²) in [6.07, 6.45) is 0.962. The Morgan fingerprint density at radius 3 is 2.40 bits per heavy atom. The van der Waals surface area contributed by atoms with Crippen LogP contribution in [0.15, 0.2) is 30.3 Å². The Hall–Kier alpha value is -1.68. The normalized spacial score (nSPS) is 9.73. The van der Waals surface area contributed by atoms with Crippen molar-refractivity contribution in [2.45, 2.75) is 19.8 Å². The number of hydrazine groups is 1. The van der Waals surface area contributed by atoms with Crippen LogP contribution < -0.4 is 5.84 Å². The van der Waals surface area contributed by atoms with E-state index in [-0.39, 0.29) is 12.3 Å². The predicted molar refractivity (Wildman–Crippen MR) is 56.7 cm³/mol. The van der Waals surface area contributed by atoms with Crippen molar-refractivity contribution in [3.8, 4) is 0 Å². The molecule has 0 saturated heterocycles. The molecule has 0 saturated carbocycles. The summed E-state index contributed by atoms with van der Waals surface area (Å²) in [5.74, 6) is 4.59. The Bertz CT molecular complexity index is 349. The fourth-order valence-corrected chi connectivity index (χ4v) is 1.17. The number of rotatable bonds is 3. The van der Waals surface area contributed by atoms with Crippen LogP contribution in [-0.2, 0) is 4.79 Å². The zero-order chi connectivity index (χ0) is 11.3. The van der Waals surface area contributed by atoms with Gasteiger partial charge in [0.25, 0.3) is 5.91 Å². The van der Waals surface area contributed by atoms with Crippen molar-refractivity contribution in [1.82, 2.24) is 5.01 Å². The largest absolute Gasteiger partial charge is 0.274 e. The van der Waals surface area contributed by atoms with Crippen molar-refractivity contribution < 1.29 is 9.59 Å². The van der Waals surface area contributed by atoms with Crippen LogP contribution in [0.4, 0.5) is 0 Å². The highest BCUT2D eigenvalue weighted by Crippen LogP contribution is 2.03. The first-order valence-corrected chi connectivity index (χ1v) is 4.84. The molecule has 80 valence electrons. The Balaban J connectivity index is 2.73. The summed E-state index contributed by atoms with van der Waals surface area (Å²) in [6.45, 7) is 1.86. The molecule has 0 fully saturated rings. The van der Waals surface area contributed by atoms with Crippen LogP contribution in [-0.4, -0.2) is 16.8 Å². The number of nitrogens with two attached hydrogens (primary N) is 1. The molecule has 2 amide bonds. The molecule has 4 heteroatoms. The second-order valence-corrected chi connectivity index (χ2v) is 3.18. The lowest BCUT2D eigenvalue weighted by Gasteiger charge is -2.13. The summed E-state index contributed by atoms with van der Waals surface area (Å²) in [4.78, 5) is 23.0. The third-order valence-corrected chi connectivity index (χ3v) is 1.97. The smallest absolute Gasteiger partial charge is 0.273 e. The summed E-state index contributed by atoms with van der Waals surface area (Å²) in [7, 11) is 0. The van der Waals surface area contributed by atoms with Gasteiger partial charge in [0.1, 0.15) is 0 Å². The van der Waals surface area contributed by atoms with E-state index in [0.29, 0.717) is 17.0 Å². The minimum Gasteiger partial charge on any atom is -0.273 e. The first-order chi connectivity index (χ1) is 7.16. The zero-order valence-corrected chi connectivity index (χ0v) is 8.64. The Kier molecular flexibility index (Phi) is 4.00. The molecular formula is C11H14N2O2. The highest BCUT2D eigenvalue weighted by atomic mass is 16.2. The summed E-state index contributed by atoms with van der Waals surface area (Å²) < 4.78 is 0. The molecule has 2 N–H and O–H groups in total. The van der Waals surface area contributed by atoms with Crippen LogP contribution in [0, 0.1) is 0 Å². The summed E-state index contributed by atoms with van der Waals surface area (Å²) in [5.41, 5.74) is 0.421. The van der Waals surface area contributed by atoms with E-state index in [0.717, 1.165) is 0 Å². The maximum atomic E-state index is 11.6. The molecule has 15 heavy (non-hydrogen) atoms. The standard InChI is InChI=1S/C11H14N2O2/c1-2-6-10(14)13(12)11(15)9-7-4-3-5-8-9/h3-5,7-8H,2,6,12H2,1H3. The SMILES string of the molecule is CCCC(=O)N(N)C(=O)c1ccccc1. The molecule has 4 nitrogen and oxygen atoms in total. The van der Waals surface area contributed by atoms with Crippen LogP contribution in [0.5, 0.6) is 0 Å². The van der Waals surface area contributed by atoms with Crippen molar-refractivity contribution >= 4 is 11.8 Å². The number of hydrogen-bond donors (Lipinski definition) is 1. The average molecular weight is 206 g/mol. The second kappa shape index (κ2) is 5.26. The fraction of sp³-hybridized carbons (Fsp3) is 0.273. The molecule has 0 unspecified atom stereocenters. The van der Waals surface area contributed by atoms with Gasteiger partial charge in [0.15, 0.2) is 0 Å². The molecule has 0 spiro atoms. The lowest BCUT2D eigenvalue weighted by molar-refractivity contribution is -0.128. The van der Waals surface area contributed by atoms with E-state index >= 15 is 0 Å². The number of nitrogens with zero attached hydrogens (tertiary/aromatic N) is 1. The summed E-state index contributed by atoms with van der Waals surface area (Å²) >= 11 is 0. The van der Waals surface area contributed by atoms with E-state index < -0.39 is 5.91 Å². The third-order valence-electron chi connectivity index (χ3n) is 1.97. The van der Waals surface area contributed by atoms with Gasteiger partial charge in [0.05, 0.1) is 0 Å². The van der Waals surface area contributed by atoms with Crippen LogP contribution in [0.25, 0.3) is 0 Å². The van der Waals surface area contributed by atoms with Crippen LogP contribution in [0.2, 0.25) is 0 Å². The first kappa shape index (κ1) is 11.4. The molecular weight excluding hydrogens is 192 g/mol. The van der Waals surface area contributed by atoms with Crippen molar-refractivity contribution in [1.29, 1.82) is 0 Å². The molecule has 0 bridgehead atoms. The third kappa shape index (κ3) is 2.89. The Morgan fingerprint density at radius 2 is 1.87 bits per heavy atom. The number of hydrogen-bond acceptors (Lipinski definition) is 3. The van der Waals surface area contributed by atoms with E-state index in [2.05, 4.69) is 0 Å². The van der Waals surface area contributed by atoms with Gasteiger partial charge in [-0.05, 0) is 18.6 Å². The number of carbonyl (C=O) groups excluding carboxylic acids is 2. The molecule has 0 atom stereocenters. The van der Waals surface area contributed by atoms with Gasteiger partial charge in [-0.25, -0.2) is 10.9 Å². The number of amides is 2. The van der Waals surface area contributed by atoms with Gasteiger partial charge in [0.2, 0.25) is 5.91 Å². The van der Waals surface area contributed by atoms with Crippen molar-refractivity contribution in [3.63, 3.8) is 0 Å². The Morgan fingerprint density at radius 1 is 1.27 bits per heavy atom. The van der Waals surface area contributed by atoms with E-state index in [1.54, 1.807) is 30.3 Å². The second-order valence-electron chi connectivity index (χ2n) is 3.18. The molecule has 0 heterocycles. The predicted octanol–water partition coefficient (Wildman–Crippen LogP) is 1.33. The van der Waals surface area contributed by atoms with Crippen LogP contribution >= 0.6 is 0 Å². The fourth-order valence-electron chi connectivity index (χ4n) is 1.17. The number of imide groups is 1. The van der Waals surface area contributed by atoms with Gasteiger partial charge in [-0.15, -0.1) is 0 Å². The molecule has 1 rings (SSSR count). The lowest BCUT2D eigenvalue weighted by Crippen LogP contribution is -2.42. The first-order valence-electron chi connectivity index (χ1n) is 4.84. The van der Waals surface area contributed by atoms with Crippen LogP contribution in [0.1, 0.15) is 30.1 Å². The lowest BCUT2D eigenvalue weighted by atomic mass is 10.2. The molecule has 0 aliphatic carbocycles. The summed E-state index contributed by atoms with van der Waals surface area (Å²) in [6, 6.07) is 8.51. The van der Waals surface area contributed by atoms with Crippen LogP contribution in [0.3, 0.4) is 0 Å². The van der Waals surface area contributed by atoms with Gasteiger partial charge >= 0.3 is 0 Å². The van der Waals surface area contributed by atoms with Gasteiger partial charge in [-0.2, -0.15) is 0 Å². The average Bonchev–Trinajstić information content (AvgIpc) is 2.28. The maximum Gasteiger partial charge on any atom is 0.274 e. The minimum absolute atomic E-state index is 0.287. The van der Waals surface area contributed by atoms with Crippen molar-refractivity contribution in [2.75, 3.05) is 0 Å². The topological polar surface area (TPSA) is 63.4 Å². The number of benzene rings is 1. The molecule has 0 radical (unpaired) electrons. The maximum absolute atomic E-state index is 11.6. The molecule has 0 aromatic heterocycles. The monoisotopic (exact) mass is 206 g/mol. The Labute approximate surface area is 88.6 Å². The van der Waals surface area contributed by atoms with E-state index in [9.17, 15) is 9.59 Å². The molecule has 1 aromatic rings.